The van der Waals surface area contributed by atoms with E-state index >= 15 is 0 Å². The van der Waals surface area contributed by atoms with Crippen LogP contribution in [0.3, 0.4) is 0 Å². The third-order valence-electron chi connectivity index (χ3n) is 6.69. The number of hydrogen-bond donors (Lipinski definition) is 3. The minimum atomic E-state index is -0.252. The topological polar surface area (TPSA) is 69.4 Å². The molecule has 0 aliphatic rings. The summed E-state index contributed by atoms with van der Waals surface area (Å²) in [5.74, 6) is -0.252. The second-order valence-electron chi connectivity index (χ2n) is 11.2. The highest BCUT2D eigenvalue weighted by molar-refractivity contribution is 5.98. The van der Waals surface area contributed by atoms with E-state index in [1.165, 1.54) is 12.1 Å². The molecule has 2 aromatic carbocycles. The Kier molecular flexibility index (Phi) is 7.26. The van der Waals surface area contributed by atoms with Crippen LogP contribution in [0.1, 0.15) is 39.7 Å². The van der Waals surface area contributed by atoms with Crippen LogP contribution in [-0.4, -0.2) is 20.2 Å². The molecule has 3 heterocycles. The maximum atomic E-state index is 13.5. The fourth-order valence-corrected chi connectivity index (χ4v) is 4.93. The largest absolute Gasteiger partial charge is 0.358 e. The number of allylic oxidation sites excluding steroid dienone is 2. The van der Waals surface area contributed by atoms with Gasteiger partial charge in [-0.05, 0) is 71.9 Å². The second kappa shape index (κ2) is 10.8. The first-order chi connectivity index (χ1) is 19.1. The van der Waals surface area contributed by atoms with Gasteiger partial charge in [-0.1, -0.05) is 64.3 Å². The zero-order chi connectivity index (χ0) is 28.4. The van der Waals surface area contributed by atoms with Gasteiger partial charge < -0.3 is 10.3 Å². The number of pyridine rings is 1. The van der Waals surface area contributed by atoms with Crippen molar-refractivity contribution < 1.29 is 4.39 Å². The summed E-state index contributed by atoms with van der Waals surface area (Å²) in [6.07, 6.45) is 8.48. The molecule has 0 saturated carbocycles. The number of halogens is 1. The summed E-state index contributed by atoms with van der Waals surface area (Å²) in [5.41, 5.74) is 8.29. The highest BCUT2D eigenvalue weighted by Gasteiger charge is 2.14. The van der Waals surface area contributed by atoms with Crippen molar-refractivity contribution in [3.8, 4) is 22.5 Å². The van der Waals surface area contributed by atoms with E-state index in [2.05, 4.69) is 65.5 Å². The zero-order valence-electron chi connectivity index (χ0n) is 23.4. The third-order valence-corrected chi connectivity index (χ3v) is 6.69. The lowest BCUT2D eigenvalue weighted by atomic mass is 9.91. The van der Waals surface area contributed by atoms with E-state index in [-0.39, 0.29) is 11.2 Å². The fourth-order valence-electron chi connectivity index (χ4n) is 4.93. The van der Waals surface area contributed by atoms with Crippen molar-refractivity contribution in [3.05, 3.63) is 108 Å². The van der Waals surface area contributed by atoms with Gasteiger partial charge in [0.1, 0.15) is 11.5 Å². The average Bonchev–Trinajstić information content (AvgIpc) is 3.51. The molecule has 40 heavy (non-hydrogen) atoms. The summed E-state index contributed by atoms with van der Waals surface area (Å²) in [7, 11) is 0. The summed E-state index contributed by atoms with van der Waals surface area (Å²) >= 11 is 0. The molecule has 0 aliphatic carbocycles. The van der Waals surface area contributed by atoms with Gasteiger partial charge in [0.05, 0.1) is 22.9 Å². The molecule has 3 aromatic heterocycles. The van der Waals surface area contributed by atoms with Gasteiger partial charge in [0.15, 0.2) is 0 Å². The van der Waals surface area contributed by atoms with E-state index < -0.39 is 0 Å². The first-order valence-corrected chi connectivity index (χ1v) is 13.3. The predicted molar refractivity (Wildman–Crippen MR) is 165 cm³/mol. The molecule has 0 saturated heterocycles. The number of anilines is 1. The van der Waals surface area contributed by atoms with E-state index in [4.69, 9.17) is 0 Å². The van der Waals surface area contributed by atoms with Gasteiger partial charge in [-0.3, -0.25) is 10.1 Å². The van der Waals surface area contributed by atoms with Gasteiger partial charge in [0.25, 0.3) is 0 Å². The molecule has 3 N–H and O–H groups in total. The number of nitrogens with one attached hydrogen (secondary N) is 3. The SMILES string of the molecule is C=C(CC(C)(C)C)Nc1cncc(C(=C)/C=c2/c(-c3cc4c(-c5ccc(F)cc5)cccc4[nH]3)n[nH]/c2=C/C)c1. The molecule has 0 unspecified atom stereocenters. The Bertz CT molecular complexity index is 1830. The first kappa shape index (κ1) is 26.9. The van der Waals surface area contributed by atoms with Crippen LogP contribution in [0.4, 0.5) is 10.1 Å². The van der Waals surface area contributed by atoms with Gasteiger partial charge in [-0.2, -0.15) is 5.10 Å². The van der Waals surface area contributed by atoms with Crippen molar-refractivity contribution in [1.29, 1.82) is 0 Å². The van der Waals surface area contributed by atoms with Crippen molar-refractivity contribution in [2.75, 3.05) is 5.32 Å². The number of H-pyrrole nitrogens is 2. The highest BCUT2D eigenvalue weighted by atomic mass is 19.1. The Balaban J connectivity index is 1.52. The van der Waals surface area contributed by atoms with Gasteiger partial charge in [0.2, 0.25) is 0 Å². The predicted octanol–water partition coefficient (Wildman–Crippen LogP) is 7.42. The molecular weight excluding hydrogens is 497 g/mol. The number of fused-ring (bicyclic) bond motifs is 1. The molecule has 0 spiro atoms. The van der Waals surface area contributed by atoms with E-state index in [9.17, 15) is 4.39 Å². The molecule has 0 atom stereocenters. The van der Waals surface area contributed by atoms with E-state index in [1.807, 2.05) is 49.5 Å². The lowest BCUT2D eigenvalue weighted by molar-refractivity contribution is 0.411. The Hall–Kier alpha value is -4.71. The van der Waals surface area contributed by atoms with Crippen LogP contribution in [0, 0.1) is 11.2 Å². The maximum absolute atomic E-state index is 13.5. The van der Waals surface area contributed by atoms with Gasteiger partial charge in [0, 0.05) is 33.6 Å². The molecular formula is C34H34FN5. The highest BCUT2D eigenvalue weighted by Crippen LogP contribution is 2.31. The van der Waals surface area contributed by atoms with Crippen molar-refractivity contribution >= 4 is 34.3 Å². The van der Waals surface area contributed by atoms with Gasteiger partial charge in [-0.25, -0.2) is 4.39 Å². The van der Waals surface area contributed by atoms with Crippen LogP contribution in [0.2, 0.25) is 0 Å². The maximum Gasteiger partial charge on any atom is 0.123 e. The van der Waals surface area contributed by atoms with Crippen molar-refractivity contribution in [1.82, 2.24) is 20.2 Å². The van der Waals surface area contributed by atoms with E-state index in [0.29, 0.717) is 0 Å². The standard InChI is InChI=1S/C34H34FN5/c1-7-30-29(15-21(2)24-16-26(20-36-19-24)37-22(3)18-34(4,5)6)33(40-39-30)32-17-28-27(9-8-10-31(28)38-32)23-11-13-25(35)14-12-23/h7-17,19-20,37-39H,2-3,18H2,1,4-6H3/b29-15+,30-7+. The van der Waals surface area contributed by atoms with Crippen LogP contribution in [0.15, 0.2) is 85.8 Å². The Labute approximate surface area is 233 Å². The molecule has 0 radical (unpaired) electrons. The molecule has 202 valence electrons. The minimum Gasteiger partial charge on any atom is -0.358 e. The zero-order valence-corrected chi connectivity index (χ0v) is 23.4. The van der Waals surface area contributed by atoms with Crippen LogP contribution < -0.4 is 15.9 Å². The number of nitrogens with zero attached hydrogens (tertiary/aromatic N) is 2. The summed E-state index contributed by atoms with van der Waals surface area (Å²) in [4.78, 5) is 7.96. The summed E-state index contributed by atoms with van der Waals surface area (Å²) in [5, 5.41) is 14.1. The van der Waals surface area contributed by atoms with Crippen molar-refractivity contribution in [2.24, 2.45) is 5.41 Å². The van der Waals surface area contributed by atoms with Crippen molar-refractivity contribution in [2.45, 2.75) is 34.1 Å². The Morgan fingerprint density at radius 3 is 2.55 bits per heavy atom. The minimum absolute atomic E-state index is 0.139. The number of benzene rings is 2. The third kappa shape index (κ3) is 5.81. The lowest BCUT2D eigenvalue weighted by Gasteiger charge is -2.20. The number of aromatic amines is 2. The first-order valence-electron chi connectivity index (χ1n) is 13.3. The average molecular weight is 532 g/mol. The molecule has 0 bridgehead atoms. The molecule has 5 rings (SSSR count). The van der Waals surface area contributed by atoms with Crippen LogP contribution in [0.25, 0.3) is 51.1 Å². The van der Waals surface area contributed by atoms with Gasteiger partial charge in [-0.15, -0.1) is 0 Å². The van der Waals surface area contributed by atoms with E-state index in [0.717, 1.165) is 72.9 Å². The Morgan fingerprint density at radius 1 is 1.05 bits per heavy atom. The Morgan fingerprint density at radius 2 is 1.82 bits per heavy atom. The monoisotopic (exact) mass is 531 g/mol. The normalized spacial score (nSPS) is 12.7. The lowest BCUT2D eigenvalue weighted by Crippen LogP contribution is -2.23. The quantitative estimate of drug-likeness (QED) is 0.205. The molecule has 5 aromatic rings. The molecule has 0 aliphatic heterocycles. The second-order valence-corrected chi connectivity index (χ2v) is 11.2. The number of aromatic nitrogens is 4. The molecule has 6 heteroatoms. The van der Waals surface area contributed by atoms with Crippen LogP contribution in [-0.2, 0) is 0 Å². The smallest absolute Gasteiger partial charge is 0.123 e. The summed E-state index contributed by atoms with van der Waals surface area (Å²) < 4.78 is 13.5. The molecule has 5 nitrogen and oxygen atoms in total. The summed E-state index contributed by atoms with van der Waals surface area (Å²) in [6.45, 7) is 17.1. The van der Waals surface area contributed by atoms with Crippen LogP contribution >= 0.6 is 0 Å². The van der Waals surface area contributed by atoms with Gasteiger partial charge >= 0.3 is 0 Å². The molecule has 0 fully saturated rings. The fraction of sp³-hybridized carbons (Fsp3) is 0.176. The molecule has 0 amide bonds. The summed E-state index contributed by atoms with van der Waals surface area (Å²) in [6, 6.07) is 16.8. The number of rotatable bonds is 7. The van der Waals surface area contributed by atoms with Crippen LogP contribution in [0.5, 0.6) is 0 Å². The van der Waals surface area contributed by atoms with Crippen molar-refractivity contribution in [3.63, 3.8) is 0 Å². The van der Waals surface area contributed by atoms with E-state index in [1.54, 1.807) is 18.3 Å². The number of hydrogen-bond acceptors (Lipinski definition) is 3.